The van der Waals surface area contributed by atoms with Crippen molar-refractivity contribution < 1.29 is 0 Å². The molecule has 0 bridgehead atoms. The molecule has 0 heterocycles. The van der Waals surface area contributed by atoms with Gasteiger partial charge in [-0.2, -0.15) is 0 Å². The van der Waals surface area contributed by atoms with Crippen LogP contribution in [-0.2, 0) is 0 Å². The summed E-state index contributed by atoms with van der Waals surface area (Å²) in [5.74, 6) is 0.676. The van der Waals surface area contributed by atoms with Gasteiger partial charge in [-0.15, -0.1) is 6.58 Å². The first kappa shape index (κ1) is 14.7. The van der Waals surface area contributed by atoms with E-state index < -0.39 is 0 Å². The van der Waals surface area contributed by atoms with Crippen LogP contribution in [0.5, 0.6) is 0 Å². The summed E-state index contributed by atoms with van der Waals surface area (Å²) in [7, 11) is 0. The average Bonchev–Trinajstić information content (AvgIpc) is 3.03. The maximum atomic E-state index is 3.88. The Kier molecular flexibility index (Phi) is 5.21. The zero-order chi connectivity index (χ0) is 13.1. The third-order valence-electron chi connectivity index (χ3n) is 3.81. The van der Waals surface area contributed by atoms with E-state index in [9.17, 15) is 0 Å². The summed E-state index contributed by atoms with van der Waals surface area (Å²) < 4.78 is 0. The van der Waals surface area contributed by atoms with Crippen molar-refractivity contribution in [2.75, 3.05) is 13.1 Å². The number of nitrogens with zero attached hydrogens (tertiary/aromatic N) is 1. The smallest absolute Gasteiger partial charge is 0.0168 e. The number of hydrogen-bond acceptors (Lipinski definition) is 2. The van der Waals surface area contributed by atoms with E-state index in [1.54, 1.807) is 0 Å². The molecule has 2 heteroatoms. The van der Waals surface area contributed by atoms with E-state index in [0.717, 1.165) is 19.1 Å². The number of rotatable bonds is 7. The molecule has 0 aliphatic heterocycles. The van der Waals surface area contributed by atoms with E-state index >= 15 is 0 Å². The third-order valence-corrected chi connectivity index (χ3v) is 3.81. The minimum Gasteiger partial charge on any atom is -0.314 e. The third kappa shape index (κ3) is 4.81. The molecular formula is C15H30N2. The summed E-state index contributed by atoms with van der Waals surface area (Å²) in [5.41, 5.74) is 0.210. The lowest BCUT2D eigenvalue weighted by Gasteiger charge is -2.42. The zero-order valence-electron chi connectivity index (χ0n) is 12.3. The molecule has 0 aromatic heterocycles. The van der Waals surface area contributed by atoms with Gasteiger partial charge in [0.05, 0.1) is 0 Å². The molecule has 0 aromatic rings. The summed E-state index contributed by atoms with van der Waals surface area (Å²) in [6.45, 7) is 17.5. The lowest BCUT2D eigenvalue weighted by atomic mass is 9.95. The fourth-order valence-electron chi connectivity index (χ4n) is 2.31. The molecule has 1 aliphatic carbocycles. The van der Waals surface area contributed by atoms with Crippen LogP contribution in [0, 0.1) is 5.92 Å². The van der Waals surface area contributed by atoms with E-state index in [-0.39, 0.29) is 5.54 Å². The average molecular weight is 238 g/mol. The summed E-state index contributed by atoms with van der Waals surface area (Å²) in [5, 5.41) is 3.63. The monoisotopic (exact) mass is 238 g/mol. The van der Waals surface area contributed by atoms with Crippen LogP contribution in [0.3, 0.4) is 0 Å². The predicted molar refractivity (Wildman–Crippen MR) is 76.3 cm³/mol. The van der Waals surface area contributed by atoms with Gasteiger partial charge in [0.15, 0.2) is 0 Å². The van der Waals surface area contributed by atoms with Crippen LogP contribution in [0.15, 0.2) is 12.7 Å². The van der Waals surface area contributed by atoms with Crippen LogP contribution in [0.1, 0.15) is 47.5 Å². The molecule has 0 aromatic carbocycles. The van der Waals surface area contributed by atoms with Crippen molar-refractivity contribution in [3.63, 3.8) is 0 Å². The van der Waals surface area contributed by atoms with E-state index in [0.29, 0.717) is 12.0 Å². The fraction of sp³-hybridized carbons (Fsp3) is 0.867. The van der Waals surface area contributed by atoms with Crippen molar-refractivity contribution in [2.24, 2.45) is 5.92 Å². The second kappa shape index (κ2) is 6.01. The van der Waals surface area contributed by atoms with Crippen LogP contribution >= 0.6 is 0 Å². The summed E-state index contributed by atoms with van der Waals surface area (Å²) in [6.07, 6.45) is 4.76. The van der Waals surface area contributed by atoms with Crippen molar-refractivity contribution in [3.8, 4) is 0 Å². The van der Waals surface area contributed by atoms with Crippen LogP contribution in [-0.4, -0.2) is 35.6 Å². The molecule has 17 heavy (non-hydrogen) atoms. The molecular weight excluding hydrogens is 208 g/mol. The highest BCUT2D eigenvalue weighted by atomic mass is 15.2. The summed E-state index contributed by atoms with van der Waals surface area (Å²) >= 11 is 0. The minimum atomic E-state index is 0.210. The van der Waals surface area contributed by atoms with Gasteiger partial charge in [0, 0.05) is 24.2 Å². The SMILES string of the molecule is C=CCN(C(C)C(C)CNC1CC1)C(C)(C)C. The maximum Gasteiger partial charge on any atom is 0.0168 e. The molecule has 1 fully saturated rings. The quantitative estimate of drug-likeness (QED) is 0.686. The molecule has 1 rings (SSSR count). The van der Waals surface area contributed by atoms with Crippen LogP contribution in [0.2, 0.25) is 0 Å². The van der Waals surface area contributed by atoms with Gasteiger partial charge in [-0.05, 0) is 53.0 Å². The Morgan fingerprint density at radius 2 is 1.94 bits per heavy atom. The molecule has 1 N–H and O–H groups in total. The van der Waals surface area contributed by atoms with Crippen LogP contribution < -0.4 is 5.32 Å². The first-order valence-corrected chi connectivity index (χ1v) is 6.97. The van der Waals surface area contributed by atoms with Crippen LogP contribution in [0.4, 0.5) is 0 Å². The minimum absolute atomic E-state index is 0.210. The molecule has 2 unspecified atom stereocenters. The zero-order valence-corrected chi connectivity index (χ0v) is 12.3. The normalized spacial score (nSPS) is 20.4. The summed E-state index contributed by atoms with van der Waals surface area (Å²) in [4.78, 5) is 2.54. The Bertz CT molecular complexity index is 238. The molecule has 0 spiro atoms. The van der Waals surface area contributed by atoms with E-state index in [1.807, 2.05) is 6.08 Å². The van der Waals surface area contributed by atoms with Gasteiger partial charge >= 0.3 is 0 Å². The molecule has 0 amide bonds. The largest absolute Gasteiger partial charge is 0.314 e. The molecule has 1 saturated carbocycles. The molecule has 0 saturated heterocycles. The fourth-order valence-corrected chi connectivity index (χ4v) is 2.31. The van der Waals surface area contributed by atoms with Crippen LogP contribution in [0.25, 0.3) is 0 Å². The lowest BCUT2D eigenvalue weighted by Crippen LogP contribution is -2.51. The Morgan fingerprint density at radius 3 is 2.35 bits per heavy atom. The Morgan fingerprint density at radius 1 is 1.35 bits per heavy atom. The molecule has 2 atom stereocenters. The van der Waals surface area contributed by atoms with Crippen molar-refractivity contribution >= 4 is 0 Å². The van der Waals surface area contributed by atoms with Crippen molar-refractivity contribution in [3.05, 3.63) is 12.7 Å². The van der Waals surface area contributed by atoms with E-state index in [2.05, 4.69) is 51.4 Å². The second-order valence-corrected chi connectivity index (χ2v) is 6.51. The van der Waals surface area contributed by atoms with Gasteiger partial charge in [-0.1, -0.05) is 13.0 Å². The highest BCUT2D eigenvalue weighted by Gasteiger charge is 2.29. The van der Waals surface area contributed by atoms with Crippen molar-refractivity contribution in [2.45, 2.75) is 65.1 Å². The highest BCUT2D eigenvalue weighted by molar-refractivity contribution is 4.90. The van der Waals surface area contributed by atoms with Gasteiger partial charge in [0.25, 0.3) is 0 Å². The van der Waals surface area contributed by atoms with Crippen molar-refractivity contribution in [1.82, 2.24) is 10.2 Å². The van der Waals surface area contributed by atoms with Gasteiger partial charge in [-0.25, -0.2) is 0 Å². The topological polar surface area (TPSA) is 15.3 Å². The highest BCUT2D eigenvalue weighted by Crippen LogP contribution is 2.23. The molecule has 100 valence electrons. The first-order valence-electron chi connectivity index (χ1n) is 6.97. The molecule has 1 aliphatic rings. The first-order chi connectivity index (χ1) is 7.86. The van der Waals surface area contributed by atoms with Crippen molar-refractivity contribution in [1.29, 1.82) is 0 Å². The second-order valence-electron chi connectivity index (χ2n) is 6.51. The van der Waals surface area contributed by atoms with Gasteiger partial charge < -0.3 is 5.32 Å². The van der Waals surface area contributed by atoms with Gasteiger partial charge in [0.1, 0.15) is 0 Å². The lowest BCUT2D eigenvalue weighted by molar-refractivity contribution is 0.0755. The molecule has 2 nitrogen and oxygen atoms in total. The molecule has 0 radical (unpaired) electrons. The number of hydrogen-bond donors (Lipinski definition) is 1. The maximum absolute atomic E-state index is 3.88. The van der Waals surface area contributed by atoms with Gasteiger partial charge in [0.2, 0.25) is 0 Å². The Labute approximate surface area is 107 Å². The van der Waals surface area contributed by atoms with E-state index in [4.69, 9.17) is 0 Å². The Balaban J connectivity index is 2.48. The predicted octanol–water partition coefficient (Wildman–Crippen LogP) is 3.05. The number of nitrogens with one attached hydrogen (secondary N) is 1. The van der Waals surface area contributed by atoms with Gasteiger partial charge in [-0.3, -0.25) is 4.90 Å². The standard InChI is InChI=1S/C15H30N2/c1-7-10-17(15(4,5)6)13(3)12(2)11-16-14-8-9-14/h7,12-14,16H,1,8-11H2,2-6H3. The Hall–Kier alpha value is -0.340. The van der Waals surface area contributed by atoms with E-state index in [1.165, 1.54) is 12.8 Å². The summed E-state index contributed by atoms with van der Waals surface area (Å²) in [6, 6.07) is 1.39.